The number of carbonyl (C=O) groups excluding carboxylic acids is 3. The monoisotopic (exact) mass is 514 g/mol. The van der Waals surface area contributed by atoms with Crippen LogP contribution in [0.3, 0.4) is 0 Å². The lowest BCUT2D eigenvalue weighted by molar-refractivity contribution is -0.145. The molecule has 0 spiro atoms. The molecule has 8 heteroatoms. The predicted octanol–water partition coefficient (Wildman–Crippen LogP) is 4.63. The van der Waals surface area contributed by atoms with E-state index in [-0.39, 0.29) is 36.5 Å². The maximum absolute atomic E-state index is 13.0. The summed E-state index contributed by atoms with van der Waals surface area (Å²) in [7, 11) is 0. The number of carbonyl (C=O) groups is 3. The smallest absolute Gasteiger partial charge is 0.410 e. The number of anilines is 1. The van der Waals surface area contributed by atoms with Crippen LogP contribution < -0.4 is 4.90 Å². The number of amides is 2. The quantitative estimate of drug-likeness (QED) is 0.543. The van der Waals surface area contributed by atoms with Crippen molar-refractivity contribution in [2.45, 2.75) is 51.4 Å². The standard InChI is InChI=1S/C25H27BrN2O5/c1-16(29)27-13-19(23-11-20(26)8-9-24(23)27)10-21-12-22(33-17(2)30)14-28(21)25(31)32-15-18-6-4-3-5-7-18/h3-9,11,19,21-22H,10,12-15H2,1-2H3/t19-,21+,22-/m0/s1. The van der Waals surface area contributed by atoms with Crippen LogP contribution in [0.4, 0.5) is 10.5 Å². The summed E-state index contributed by atoms with van der Waals surface area (Å²) >= 11 is 3.53. The van der Waals surface area contributed by atoms with Gasteiger partial charge in [-0.15, -0.1) is 0 Å². The lowest BCUT2D eigenvalue weighted by Crippen LogP contribution is -2.38. The molecule has 0 radical (unpaired) electrons. The van der Waals surface area contributed by atoms with Crippen LogP contribution in [0.2, 0.25) is 0 Å². The summed E-state index contributed by atoms with van der Waals surface area (Å²) in [6, 6.07) is 15.3. The molecule has 2 aliphatic heterocycles. The number of ether oxygens (including phenoxy) is 2. The Balaban J connectivity index is 1.51. The van der Waals surface area contributed by atoms with Crippen molar-refractivity contribution in [1.29, 1.82) is 0 Å². The highest BCUT2D eigenvalue weighted by Crippen LogP contribution is 2.42. The highest BCUT2D eigenvalue weighted by molar-refractivity contribution is 9.10. The molecule has 0 aromatic heterocycles. The van der Waals surface area contributed by atoms with Gasteiger partial charge < -0.3 is 19.3 Å². The maximum atomic E-state index is 13.0. The van der Waals surface area contributed by atoms with Crippen LogP contribution in [0, 0.1) is 0 Å². The van der Waals surface area contributed by atoms with Gasteiger partial charge in [0, 0.05) is 48.9 Å². The zero-order chi connectivity index (χ0) is 23.5. The zero-order valence-electron chi connectivity index (χ0n) is 18.7. The molecular formula is C25H27BrN2O5. The van der Waals surface area contributed by atoms with Crippen molar-refractivity contribution >= 4 is 39.6 Å². The minimum atomic E-state index is -0.422. The second-order valence-electron chi connectivity index (χ2n) is 8.58. The van der Waals surface area contributed by atoms with Gasteiger partial charge in [-0.25, -0.2) is 4.79 Å². The fourth-order valence-electron chi connectivity index (χ4n) is 4.79. The summed E-state index contributed by atoms with van der Waals surface area (Å²) in [5.74, 6) is -0.313. The molecule has 174 valence electrons. The summed E-state index contributed by atoms with van der Waals surface area (Å²) in [4.78, 5) is 40.2. The van der Waals surface area contributed by atoms with Gasteiger partial charge in [-0.3, -0.25) is 9.59 Å². The lowest BCUT2D eigenvalue weighted by Gasteiger charge is -2.26. The van der Waals surface area contributed by atoms with Gasteiger partial charge in [0.25, 0.3) is 0 Å². The molecule has 1 saturated heterocycles. The molecule has 2 amide bonds. The third-order valence-electron chi connectivity index (χ3n) is 6.21. The van der Waals surface area contributed by atoms with E-state index in [9.17, 15) is 14.4 Å². The van der Waals surface area contributed by atoms with E-state index in [2.05, 4.69) is 15.9 Å². The number of benzene rings is 2. The number of likely N-dealkylation sites (tertiary alicyclic amines) is 1. The molecule has 1 fully saturated rings. The first kappa shape index (κ1) is 23.3. The lowest BCUT2D eigenvalue weighted by atomic mass is 9.92. The molecule has 0 N–H and O–H groups in total. The Bertz CT molecular complexity index is 1040. The van der Waals surface area contributed by atoms with E-state index in [0.717, 1.165) is 21.3 Å². The number of esters is 1. The van der Waals surface area contributed by atoms with Gasteiger partial charge in [-0.2, -0.15) is 0 Å². The van der Waals surface area contributed by atoms with Crippen molar-refractivity contribution in [3.8, 4) is 0 Å². The summed E-state index contributed by atoms with van der Waals surface area (Å²) in [5.41, 5.74) is 2.89. The van der Waals surface area contributed by atoms with Crippen LogP contribution in [0.1, 0.15) is 43.7 Å². The SMILES string of the molecule is CC(=O)O[C@H]1C[C@@H](C[C@H]2CN(C(C)=O)c3ccc(Br)cc32)N(C(=O)OCc2ccccc2)C1. The summed E-state index contributed by atoms with van der Waals surface area (Å²) in [6.07, 6.45) is 0.393. The summed E-state index contributed by atoms with van der Waals surface area (Å²) < 4.78 is 12.0. The Labute approximate surface area is 201 Å². The highest BCUT2D eigenvalue weighted by Gasteiger charge is 2.41. The molecule has 2 aliphatic rings. The zero-order valence-corrected chi connectivity index (χ0v) is 20.3. The molecule has 0 saturated carbocycles. The molecule has 2 heterocycles. The van der Waals surface area contributed by atoms with Crippen molar-refractivity contribution in [3.63, 3.8) is 0 Å². The number of fused-ring (bicyclic) bond motifs is 1. The van der Waals surface area contributed by atoms with E-state index >= 15 is 0 Å². The van der Waals surface area contributed by atoms with E-state index in [1.165, 1.54) is 6.92 Å². The van der Waals surface area contributed by atoms with Crippen molar-refractivity contribution in [2.24, 2.45) is 0 Å². The largest absolute Gasteiger partial charge is 0.461 e. The fraction of sp³-hybridized carbons (Fsp3) is 0.400. The number of nitrogens with zero attached hydrogens (tertiary/aromatic N) is 2. The second-order valence-corrected chi connectivity index (χ2v) is 9.49. The van der Waals surface area contributed by atoms with E-state index in [0.29, 0.717) is 25.9 Å². The molecule has 0 unspecified atom stereocenters. The van der Waals surface area contributed by atoms with E-state index in [1.54, 1.807) is 16.7 Å². The molecule has 0 bridgehead atoms. The Morgan fingerprint density at radius 3 is 2.52 bits per heavy atom. The van der Waals surface area contributed by atoms with Crippen LogP contribution in [-0.2, 0) is 25.7 Å². The van der Waals surface area contributed by atoms with Gasteiger partial charge in [-0.1, -0.05) is 46.3 Å². The van der Waals surface area contributed by atoms with E-state index < -0.39 is 6.09 Å². The number of halogens is 1. The third-order valence-corrected chi connectivity index (χ3v) is 6.70. The minimum absolute atomic E-state index is 0.00980. The van der Waals surface area contributed by atoms with Crippen molar-refractivity contribution in [1.82, 2.24) is 4.90 Å². The van der Waals surface area contributed by atoms with Crippen molar-refractivity contribution in [3.05, 3.63) is 64.1 Å². The van der Waals surface area contributed by atoms with Gasteiger partial charge in [0.05, 0.1) is 6.54 Å². The molecule has 33 heavy (non-hydrogen) atoms. The number of hydrogen-bond acceptors (Lipinski definition) is 5. The average Bonchev–Trinajstić information content (AvgIpc) is 3.33. The van der Waals surface area contributed by atoms with Crippen LogP contribution in [-0.4, -0.2) is 48.1 Å². The normalized spacial score (nSPS) is 21.6. The van der Waals surface area contributed by atoms with Gasteiger partial charge in [0.1, 0.15) is 12.7 Å². The van der Waals surface area contributed by atoms with Crippen LogP contribution >= 0.6 is 15.9 Å². The first-order valence-electron chi connectivity index (χ1n) is 11.0. The van der Waals surface area contributed by atoms with Crippen LogP contribution in [0.5, 0.6) is 0 Å². The molecule has 2 aromatic carbocycles. The number of rotatable bonds is 5. The Kier molecular flexibility index (Phi) is 7.02. The minimum Gasteiger partial charge on any atom is -0.461 e. The van der Waals surface area contributed by atoms with Crippen molar-refractivity contribution < 1.29 is 23.9 Å². The second kappa shape index (κ2) is 9.95. The summed E-state index contributed by atoms with van der Waals surface area (Å²) in [6.45, 7) is 3.97. The Hall–Kier alpha value is -2.87. The summed E-state index contributed by atoms with van der Waals surface area (Å²) in [5, 5.41) is 0. The third kappa shape index (κ3) is 5.38. The van der Waals surface area contributed by atoms with Crippen LogP contribution in [0.15, 0.2) is 53.0 Å². The van der Waals surface area contributed by atoms with E-state index in [4.69, 9.17) is 9.47 Å². The van der Waals surface area contributed by atoms with Gasteiger partial charge in [-0.05, 0) is 35.7 Å². The Morgan fingerprint density at radius 1 is 1.06 bits per heavy atom. The molecule has 3 atom stereocenters. The first-order valence-corrected chi connectivity index (χ1v) is 11.8. The van der Waals surface area contributed by atoms with Crippen LogP contribution in [0.25, 0.3) is 0 Å². The molecular weight excluding hydrogens is 488 g/mol. The maximum Gasteiger partial charge on any atom is 0.410 e. The highest BCUT2D eigenvalue weighted by atomic mass is 79.9. The van der Waals surface area contributed by atoms with Gasteiger partial charge in [0.15, 0.2) is 0 Å². The Morgan fingerprint density at radius 2 is 1.82 bits per heavy atom. The molecule has 4 rings (SSSR count). The molecule has 2 aromatic rings. The van der Waals surface area contributed by atoms with Crippen molar-refractivity contribution in [2.75, 3.05) is 18.0 Å². The average molecular weight is 515 g/mol. The topological polar surface area (TPSA) is 76.2 Å². The van der Waals surface area contributed by atoms with E-state index in [1.807, 2.05) is 48.5 Å². The predicted molar refractivity (Wildman–Crippen MR) is 127 cm³/mol. The number of hydrogen-bond donors (Lipinski definition) is 0. The first-order chi connectivity index (χ1) is 15.8. The molecule has 7 nitrogen and oxygen atoms in total. The van der Waals surface area contributed by atoms with Gasteiger partial charge in [0.2, 0.25) is 5.91 Å². The fourth-order valence-corrected chi connectivity index (χ4v) is 5.17. The molecule has 0 aliphatic carbocycles. The van der Waals surface area contributed by atoms with Gasteiger partial charge >= 0.3 is 12.1 Å².